The van der Waals surface area contributed by atoms with Crippen LogP contribution in [-0.4, -0.2) is 16.0 Å². The van der Waals surface area contributed by atoms with Gasteiger partial charge in [0.05, 0.1) is 4.91 Å². The van der Waals surface area contributed by atoms with E-state index in [1.54, 1.807) is 0 Å². The van der Waals surface area contributed by atoms with E-state index < -0.39 is 0 Å². The molecule has 1 fully saturated rings. The molecular weight excluding hydrogens is 449 g/mol. The average molecular weight is 472 g/mol. The van der Waals surface area contributed by atoms with Gasteiger partial charge in [-0.3, -0.25) is 4.79 Å². The lowest BCUT2D eigenvalue weighted by molar-refractivity contribution is -0.116. The van der Waals surface area contributed by atoms with Crippen LogP contribution in [0.1, 0.15) is 28.1 Å². The Balaban J connectivity index is 1.60. The summed E-state index contributed by atoms with van der Waals surface area (Å²) in [7, 11) is 0. The first kappa shape index (κ1) is 21.9. The van der Waals surface area contributed by atoms with Gasteiger partial charge in [0.15, 0.2) is 5.50 Å². The summed E-state index contributed by atoms with van der Waals surface area (Å²) >= 11 is 13.9. The highest BCUT2D eigenvalue weighted by Crippen LogP contribution is 2.34. The molecule has 0 radical (unpaired) electrons. The fourth-order valence-electron chi connectivity index (χ4n) is 3.78. The summed E-state index contributed by atoms with van der Waals surface area (Å²) in [5.74, 6) is -0.0853. The maximum Gasteiger partial charge on any atom is 0.260 e. The number of halogens is 2. The summed E-state index contributed by atoms with van der Waals surface area (Å²) < 4.78 is 2.18. The molecule has 1 atom stereocenters. The van der Waals surface area contributed by atoms with Gasteiger partial charge in [-0.05, 0) is 86.9 Å². The number of nitrogens with one attached hydrogen (secondary N) is 2. The van der Waals surface area contributed by atoms with Gasteiger partial charge in [0.1, 0.15) is 0 Å². The molecule has 1 unspecified atom stereocenters. The Morgan fingerprint density at radius 3 is 2.61 bits per heavy atom. The van der Waals surface area contributed by atoms with Gasteiger partial charge in [-0.2, -0.15) is 0 Å². The van der Waals surface area contributed by atoms with E-state index in [-0.39, 0.29) is 11.4 Å². The Labute approximate surface area is 196 Å². The number of thioether (sulfide) groups is 1. The molecule has 1 aliphatic rings. The fourth-order valence-corrected chi connectivity index (χ4v) is 5.14. The number of anilines is 1. The van der Waals surface area contributed by atoms with E-state index in [0.29, 0.717) is 9.93 Å². The maximum atomic E-state index is 12.6. The van der Waals surface area contributed by atoms with E-state index in [9.17, 15) is 4.79 Å². The molecule has 1 saturated heterocycles. The van der Waals surface area contributed by atoms with Crippen molar-refractivity contribution in [2.75, 3.05) is 5.32 Å². The van der Waals surface area contributed by atoms with Crippen molar-refractivity contribution in [1.29, 1.82) is 0 Å². The molecule has 1 aromatic heterocycles. The van der Waals surface area contributed by atoms with Crippen LogP contribution in [0.15, 0.2) is 47.4 Å². The molecule has 4 nitrogen and oxygen atoms in total. The minimum Gasteiger partial charge on any atom is -0.356 e. The SMILES string of the molecule is Cc1cc(Cl)ccc1NC1NC(=O)/C(=C/c2cc(C)n(-c3cccc(Cl)c3C)c2C)S1. The molecule has 0 spiro atoms. The lowest BCUT2D eigenvalue weighted by atomic mass is 10.2. The Morgan fingerprint density at radius 2 is 1.87 bits per heavy atom. The molecule has 4 rings (SSSR count). The second kappa shape index (κ2) is 8.65. The molecule has 0 aliphatic carbocycles. The first-order valence-corrected chi connectivity index (χ1v) is 11.5. The Bertz CT molecular complexity index is 1220. The summed E-state index contributed by atoms with van der Waals surface area (Å²) in [5, 5.41) is 7.79. The van der Waals surface area contributed by atoms with Crippen molar-refractivity contribution in [2.45, 2.75) is 33.2 Å². The Kier molecular flexibility index (Phi) is 6.11. The zero-order valence-corrected chi connectivity index (χ0v) is 20.0. The monoisotopic (exact) mass is 471 g/mol. The smallest absolute Gasteiger partial charge is 0.260 e. The van der Waals surface area contributed by atoms with Crippen LogP contribution >= 0.6 is 35.0 Å². The number of benzene rings is 2. The van der Waals surface area contributed by atoms with Gasteiger partial charge >= 0.3 is 0 Å². The van der Waals surface area contributed by atoms with Crippen molar-refractivity contribution < 1.29 is 4.79 Å². The molecule has 2 heterocycles. The van der Waals surface area contributed by atoms with Crippen LogP contribution in [0.25, 0.3) is 11.8 Å². The predicted octanol–water partition coefficient (Wildman–Crippen LogP) is 6.62. The molecule has 7 heteroatoms. The summed E-state index contributed by atoms with van der Waals surface area (Å²) in [6, 6.07) is 13.7. The van der Waals surface area contributed by atoms with Gasteiger partial charge in [-0.25, -0.2) is 0 Å². The first-order chi connectivity index (χ1) is 14.7. The van der Waals surface area contributed by atoms with E-state index in [1.165, 1.54) is 11.8 Å². The molecule has 3 aromatic rings. The van der Waals surface area contributed by atoms with Gasteiger partial charge in [0.2, 0.25) is 0 Å². The molecular formula is C24H23Cl2N3OS. The molecule has 2 aromatic carbocycles. The van der Waals surface area contributed by atoms with Crippen molar-refractivity contribution >= 4 is 52.6 Å². The zero-order chi connectivity index (χ0) is 22.3. The second-order valence-electron chi connectivity index (χ2n) is 7.63. The van der Waals surface area contributed by atoms with Crippen molar-refractivity contribution in [1.82, 2.24) is 9.88 Å². The van der Waals surface area contributed by atoms with Crippen LogP contribution in [-0.2, 0) is 4.79 Å². The highest BCUT2D eigenvalue weighted by molar-refractivity contribution is 8.05. The second-order valence-corrected chi connectivity index (χ2v) is 9.62. The predicted molar refractivity (Wildman–Crippen MR) is 132 cm³/mol. The quantitative estimate of drug-likeness (QED) is 0.420. The topological polar surface area (TPSA) is 46.1 Å². The lowest BCUT2D eigenvalue weighted by Gasteiger charge is -2.15. The molecule has 160 valence electrons. The van der Waals surface area contributed by atoms with Crippen LogP contribution < -0.4 is 10.6 Å². The third kappa shape index (κ3) is 4.36. The highest BCUT2D eigenvalue weighted by Gasteiger charge is 2.28. The number of carbonyl (C=O) groups excluding carboxylic acids is 1. The van der Waals surface area contributed by atoms with E-state index in [0.717, 1.165) is 44.5 Å². The molecule has 1 amide bonds. The number of aromatic nitrogens is 1. The minimum absolute atomic E-state index is 0.0853. The highest BCUT2D eigenvalue weighted by atomic mass is 35.5. The summed E-state index contributed by atoms with van der Waals surface area (Å²) in [5.41, 5.74) is 6.97. The number of hydrogen-bond acceptors (Lipinski definition) is 3. The standard InChI is InChI=1S/C24H23Cl2N3OS/c1-13-10-18(25)8-9-20(13)27-24-28-23(30)22(31-24)12-17-11-14(2)29(16(17)4)21-7-5-6-19(26)15(21)3/h5-12,24,27H,1-4H3,(H,28,30)/b22-12-. The maximum absolute atomic E-state index is 12.6. The number of amides is 1. The van der Waals surface area contributed by atoms with Crippen molar-refractivity contribution in [3.05, 3.63) is 85.5 Å². The molecule has 31 heavy (non-hydrogen) atoms. The summed E-state index contributed by atoms with van der Waals surface area (Å²) in [6.07, 6.45) is 1.95. The van der Waals surface area contributed by atoms with E-state index in [1.807, 2.05) is 50.3 Å². The van der Waals surface area contributed by atoms with Gasteiger partial charge in [0, 0.05) is 32.8 Å². The number of carbonyl (C=O) groups is 1. The van der Waals surface area contributed by atoms with E-state index in [4.69, 9.17) is 23.2 Å². The minimum atomic E-state index is -0.239. The van der Waals surface area contributed by atoms with Crippen molar-refractivity contribution in [2.24, 2.45) is 0 Å². The molecule has 0 bridgehead atoms. The first-order valence-electron chi connectivity index (χ1n) is 9.91. The fraction of sp³-hybridized carbons (Fsp3) is 0.208. The van der Waals surface area contributed by atoms with Crippen LogP contribution in [0, 0.1) is 27.7 Å². The van der Waals surface area contributed by atoms with Crippen LogP contribution in [0.2, 0.25) is 10.0 Å². The number of rotatable bonds is 4. The Hall–Kier alpha value is -2.34. The largest absolute Gasteiger partial charge is 0.356 e. The van der Waals surface area contributed by atoms with E-state index in [2.05, 4.69) is 41.2 Å². The zero-order valence-electron chi connectivity index (χ0n) is 17.7. The summed E-state index contributed by atoms with van der Waals surface area (Å²) in [4.78, 5) is 13.3. The van der Waals surface area contributed by atoms with Gasteiger partial charge < -0.3 is 15.2 Å². The number of hydrogen-bond donors (Lipinski definition) is 2. The van der Waals surface area contributed by atoms with Crippen molar-refractivity contribution in [3.63, 3.8) is 0 Å². The molecule has 1 aliphatic heterocycles. The van der Waals surface area contributed by atoms with Crippen LogP contribution in [0.4, 0.5) is 5.69 Å². The normalized spacial score (nSPS) is 17.3. The third-order valence-corrected chi connectivity index (χ3v) is 7.12. The van der Waals surface area contributed by atoms with Crippen LogP contribution in [0.3, 0.4) is 0 Å². The number of nitrogens with zero attached hydrogens (tertiary/aromatic N) is 1. The lowest BCUT2D eigenvalue weighted by Crippen LogP contribution is -2.31. The average Bonchev–Trinajstić information content (AvgIpc) is 3.19. The molecule has 0 saturated carbocycles. The van der Waals surface area contributed by atoms with E-state index >= 15 is 0 Å². The third-order valence-electron chi connectivity index (χ3n) is 5.44. The molecule has 2 N–H and O–H groups in total. The van der Waals surface area contributed by atoms with Gasteiger partial charge in [0.25, 0.3) is 5.91 Å². The van der Waals surface area contributed by atoms with Crippen LogP contribution in [0.5, 0.6) is 0 Å². The number of aryl methyl sites for hydroxylation is 2. The van der Waals surface area contributed by atoms with Gasteiger partial charge in [-0.15, -0.1) is 0 Å². The summed E-state index contributed by atoms with van der Waals surface area (Å²) in [6.45, 7) is 8.12. The van der Waals surface area contributed by atoms with Gasteiger partial charge in [-0.1, -0.05) is 41.0 Å². The Morgan fingerprint density at radius 1 is 1.10 bits per heavy atom. The van der Waals surface area contributed by atoms with Crippen molar-refractivity contribution in [3.8, 4) is 5.69 Å².